The van der Waals surface area contributed by atoms with E-state index in [4.69, 9.17) is 9.15 Å². The molecular formula is C17H18N6O3. The summed E-state index contributed by atoms with van der Waals surface area (Å²) in [4.78, 5) is 18.7. The SMILES string of the molecule is O=C(c1ccc(Cn2ccnc2)o1)N1CC[C@H]2OCc3cnnn3[C@H]2C1. The number of nitrogens with zero attached hydrogens (tertiary/aromatic N) is 6. The maximum Gasteiger partial charge on any atom is 0.289 e. The highest BCUT2D eigenvalue weighted by Crippen LogP contribution is 2.30. The second-order valence-electron chi connectivity index (χ2n) is 6.63. The monoisotopic (exact) mass is 354 g/mol. The van der Waals surface area contributed by atoms with E-state index in [1.165, 1.54) is 0 Å². The molecule has 0 aromatic carbocycles. The number of likely N-dealkylation sites (tertiary alicyclic amines) is 1. The molecule has 134 valence electrons. The quantitative estimate of drug-likeness (QED) is 0.699. The number of fused-ring (bicyclic) bond motifs is 3. The molecule has 1 fully saturated rings. The van der Waals surface area contributed by atoms with Crippen molar-refractivity contribution in [2.24, 2.45) is 0 Å². The van der Waals surface area contributed by atoms with E-state index < -0.39 is 0 Å². The van der Waals surface area contributed by atoms with E-state index in [2.05, 4.69) is 15.3 Å². The van der Waals surface area contributed by atoms with Crippen LogP contribution >= 0.6 is 0 Å². The number of carbonyl (C=O) groups is 1. The van der Waals surface area contributed by atoms with Gasteiger partial charge in [0.05, 0.1) is 43.5 Å². The van der Waals surface area contributed by atoms with Gasteiger partial charge in [0.15, 0.2) is 5.76 Å². The normalized spacial score (nSPS) is 22.1. The van der Waals surface area contributed by atoms with Crippen molar-refractivity contribution in [3.63, 3.8) is 0 Å². The Labute approximate surface area is 149 Å². The van der Waals surface area contributed by atoms with Crippen LogP contribution in [-0.4, -0.2) is 54.5 Å². The van der Waals surface area contributed by atoms with Crippen molar-refractivity contribution in [1.29, 1.82) is 0 Å². The molecule has 0 unspecified atom stereocenters. The molecule has 2 aliphatic rings. The van der Waals surface area contributed by atoms with Gasteiger partial charge in [-0.25, -0.2) is 9.67 Å². The summed E-state index contributed by atoms with van der Waals surface area (Å²) >= 11 is 0. The van der Waals surface area contributed by atoms with Crippen molar-refractivity contribution in [3.05, 3.63) is 54.3 Å². The molecule has 5 rings (SSSR count). The average Bonchev–Trinajstić information content (AvgIpc) is 3.42. The topological polar surface area (TPSA) is 91.2 Å². The van der Waals surface area contributed by atoms with Crippen LogP contribution in [0.2, 0.25) is 0 Å². The van der Waals surface area contributed by atoms with Gasteiger partial charge in [0.25, 0.3) is 5.91 Å². The van der Waals surface area contributed by atoms with Crippen LogP contribution in [0.3, 0.4) is 0 Å². The van der Waals surface area contributed by atoms with Gasteiger partial charge >= 0.3 is 0 Å². The molecule has 5 heterocycles. The van der Waals surface area contributed by atoms with Crippen LogP contribution in [0.1, 0.15) is 34.5 Å². The predicted molar refractivity (Wildman–Crippen MR) is 88.2 cm³/mol. The fourth-order valence-electron chi connectivity index (χ4n) is 3.66. The largest absolute Gasteiger partial charge is 0.454 e. The summed E-state index contributed by atoms with van der Waals surface area (Å²) in [5.41, 5.74) is 0.946. The number of aromatic nitrogens is 5. The van der Waals surface area contributed by atoms with Crippen LogP contribution in [-0.2, 0) is 17.9 Å². The highest BCUT2D eigenvalue weighted by atomic mass is 16.5. The van der Waals surface area contributed by atoms with E-state index in [0.717, 1.165) is 17.9 Å². The smallest absolute Gasteiger partial charge is 0.289 e. The van der Waals surface area contributed by atoms with Crippen molar-refractivity contribution in [2.45, 2.75) is 31.7 Å². The Morgan fingerprint density at radius 1 is 1.35 bits per heavy atom. The number of rotatable bonds is 3. The summed E-state index contributed by atoms with van der Waals surface area (Å²) in [5.74, 6) is 0.975. The Morgan fingerprint density at radius 3 is 3.19 bits per heavy atom. The van der Waals surface area contributed by atoms with Gasteiger partial charge in [0.1, 0.15) is 5.76 Å². The molecule has 3 aromatic rings. The lowest BCUT2D eigenvalue weighted by atomic mass is 10.00. The average molecular weight is 354 g/mol. The first kappa shape index (κ1) is 15.3. The van der Waals surface area contributed by atoms with Crippen LogP contribution in [0.5, 0.6) is 0 Å². The Hall–Kier alpha value is -2.94. The fraction of sp³-hybridized carbons (Fsp3) is 0.412. The molecule has 0 spiro atoms. The molecule has 2 aliphatic heterocycles. The number of amides is 1. The van der Waals surface area contributed by atoms with Crippen molar-refractivity contribution in [1.82, 2.24) is 29.4 Å². The van der Waals surface area contributed by atoms with Gasteiger partial charge in [-0.3, -0.25) is 4.79 Å². The molecule has 0 aliphatic carbocycles. The van der Waals surface area contributed by atoms with Crippen LogP contribution in [0, 0.1) is 0 Å². The minimum absolute atomic E-state index is 0.000619. The summed E-state index contributed by atoms with van der Waals surface area (Å²) < 4.78 is 15.4. The van der Waals surface area contributed by atoms with Crippen LogP contribution in [0.15, 0.2) is 41.5 Å². The minimum atomic E-state index is -0.104. The molecule has 9 nitrogen and oxygen atoms in total. The molecular weight excluding hydrogens is 336 g/mol. The van der Waals surface area contributed by atoms with Gasteiger partial charge in [0.2, 0.25) is 0 Å². The van der Waals surface area contributed by atoms with Gasteiger partial charge in [-0.15, -0.1) is 5.10 Å². The predicted octanol–water partition coefficient (Wildman–Crippen LogP) is 1.10. The molecule has 0 radical (unpaired) electrons. The fourth-order valence-corrected chi connectivity index (χ4v) is 3.66. The molecule has 1 amide bonds. The van der Waals surface area contributed by atoms with E-state index in [9.17, 15) is 4.79 Å². The highest BCUT2D eigenvalue weighted by molar-refractivity contribution is 5.91. The summed E-state index contributed by atoms with van der Waals surface area (Å²) in [5, 5.41) is 8.14. The lowest BCUT2D eigenvalue weighted by molar-refractivity contribution is -0.0608. The van der Waals surface area contributed by atoms with E-state index in [-0.39, 0.29) is 18.1 Å². The number of hydrogen-bond acceptors (Lipinski definition) is 6. The molecule has 9 heteroatoms. The Kier molecular flexibility index (Phi) is 3.59. The summed E-state index contributed by atoms with van der Waals surface area (Å²) in [6, 6.07) is 3.57. The van der Waals surface area contributed by atoms with E-state index >= 15 is 0 Å². The van der Waals surface area contributed by atoms with Crippen molar-refractivity contribution in [3.8, 4) is 0 Å². The van der Waals surface area contributed by atoms with E-state index in [1.807, 2.05) is 21.5 Å². The molecule has 0 bridgehead atoms. The molecule has 2 atom stereocenters. The zero-order valence-corrected chi connectivity index (χ0v) is 14.1. The zero-order valence-electron chi connectivity index (χ0n) is 14.1. The zero-order chi connectivity index (χ0) is 17.5. The Morgan fingerprint density at radius 2 is 2.31 bits per heavy atom. The highest BCUT2D eigenvalue weighted by Gasteiger charge is 2.38. The molecule has 0 saturated carbocycles. The molecule has 3 aromatic heterocycles. The molecule has 0 N–H and O–H groups in total. The van der Waals surface area contributed by atoms with E-state index in [0.29, 0.717) is 32.0 Å². The first-order valence-electron chi connectivity index (χ1n) is 8.62. The third-order valence-corrected chi connectivity index (χ3v) is 4.99. The standard InChI is InChI=1S/C17H18N6O3/c24-17(16-2-1-13(26-16)8-21-6-4-18-11-21)22-5-3-15-14(9-22)23-12(10-25-15)7-19-20-23/h1-2,4,6-7,11,14-15H,3,5,8-10H2/t14-,15+/m0/s1. The number of furan rings is 1. The second kappa shape index (κ2) is 6.10. The summed E-state index contributed by atoms with van der Waals surface area (Å²) in [6.07, 6.45) is 7.84. The molecule has 1 saturated heterocycles. The number of imidazole rings is 1. The first-order valence-corrected chi connectivity index (χ1v) is 8.62. The first-order chi connectivity index (χ1) is 12.8. The Bertz CT molecular complexity index is 915. The van der Waals surface area contributed by atoms with Crippen molar-refractivity contribution in [2.75, 3.05) is 13.1 Å². The number of ether oxygens (including phenoxy) is 1. The lowest BCUT2D eigenvalue weighted by Crippen LogP contribution is -2.49. The van der Waals surface area contributed by atoms with Crippen LogP contribution in [0.25, 0.3) is 0 Å². The number of hydrogen-bond donors (Lipinski definition) is 0. The molecule has 26 heavy (non-hydrogen) atoms. The maximum absolute atomic E-state index is 12.9. The van der Waals surface area contributed by atoms with E-state index in [1.54, 1.807) is 29.7 Å². The second-order valence-corrected chi connectivity index (χ2v) is 6.63. The van der Waals surface area contributed by atoms with Crippen molar-refractivity contribution < 1.29 is 13.9 Å². The Balaban J connectivity index is 1.31. The van der Waals surface area contributed by atoms with Gasteiger partial charge in [0, 0.05) is 25.5 Å². The van der Waals surface area contributed by atoms with Crippen LogP contribution < -0.4 is 0 Å². The van der Waals surface area contributed by atoms with Gasteiger partial charge in [-0.05, 0) is 18.6 Å². The van der Waals surface area contributed by atoms with Crippen molar-refractivity contribution >= 4 is 5.91 Å². The third kappa shape index (κ3) is 2.60. The van der Waals surface area contributed by atoms with Gasteiger partial charge in [-0.2, -0.15) is 0 Å². The summed E-state index contributed by atoms with van der Waals surface area (Å²) in [7, 11) is 0. The lowest BCUT2D eigenvalue weighted by Gasteiger charge is -2.40. The number of piperidine rings is 1. The van der Waals surface area contributed by atoms with Gasteiger partial charge < -0.3 is 18.6 Å². The third-order valence-electron chi connectivity index (χ3n) is 4.99. The summed E-state index contributed by atoms with van der Waals surface area (Å²) in [6.45, 7) is 2.26. The number of carbonyl (C=O) groups excluding carboxylic acids is 1. The van der Waals surface area contributed by atoms with Crippen LogP contribution in [0.4, 0.5) is 0 Å². The minimum Gasteiger partial charge on any atom is -0.454 e. The van der Waals surface area contributed by atoms with Gasteiger partial charge in [-0.1, -0.05) is 5.21 Å². The maximum atomic E-state index is 12.9.